The van der Waals surface area contributed by atoms with Crippen molar-refractivity contribution in [3.8, 4) is 0 Å². The molecule has 0 radical (unpaired) electrons. The Morgan fingerprint density at radius 3 is 2.56 bits per heavy atom. The quantitative estimate of drug-likeness (QED) is 0.735. The largest absolute Gasteiger partial charge is 0.464 e. The smallest absolute Gasteiger partial charge is 0.324 e. The third kappa shape index (κ3) is 4.93. The fourth-order valence-electron chi connectivity index (χ4n) is 2.79. The molecule has 8 heteroatoms. The van der Waals surface area contributed by atoms with Gasteiger partial charge in [0.05, 0.1) is 17.9 Å². The first-order valence-electron chi connectivity index (χ1n) is 8.48. The molecular weight excluding hydrogens is 368 g/mol. The van der Waals surface area contributed by atoms with Crippen LogP contribution in [0.3, 0.4) is 0 Å². The summed E-state index contributed by atoms with van der Waals surface area (Å²) in [7, 11) is -3.84. The number of carbonyl (C=O) groups is 2. The molecule has 3 rings (SSSR count). The Hall–Kier alpha value is -2.71. The predicted octanol–water partition coefficient (Wildman–Crippen LogP) is 1.77. The van der Waals surface area contributed by atoms with Crippen LogP contribution in [0.15, 0.2) is 53.4 Å². The number of hydrogen-bond acceptors (Lipinski definition) is 5. The highest BCUT2D eigenvalue weighted by Crippen LogP contribution is 2.17. The number of ether oxygens (including phenoxy) is 1. The lowest BCUT2D eigenvalue weighted by molar-refractivity contribution is -0.139. The highest BCUT2D eigenvalue weighted by molar-refractivity contribution is 7.89. The molecule has 1 heterocycles. The second kappa shape index (κ2) is 7.89. The molecule has 2 aromatic rings. The Morgan fingerprint density at radius 2 is 1.93 bits per heavy atom. The molecular formula is C19H20N2O5S. The van der Waals surface area contributed by atoms with Gasteiger partial charge in [-0.1, -0.05) is 29.8 Å². The number of benzene rings is 2. The molecule has 1 aliphatic heterocycles. The minimum atomic E-state index is -3.84. The normalized spacial score (nSPS) is 16.8. The number of aryl methyl sites for hydroxylation is 1. The van der Waals surface area contributed by atoms with Crippen LogP contribution in [0.25, 0.3) is 0 Å². The van der Waals surface area contributed by atoms with Crippen LogP contribution in [0.1, 0.15) is 17.5 Å². The molecule has 2 aromatic carbocycles. The summed E-state index contributed by atoms with van der Waals surface area (Å²) in [5, 5.41) is 2.74. The number of esters is 1. The van der Waals surface area contributed by atoms with Gasteiger partial charge in [0.25, 0.3) is 0 Å². The van der Waals surface area contributed by atoms with Crippen molar-refractivity contribution >= 4 is 27.6 Å². The molecule has 7 nitrogen and oxygen atoms in total. The maximum atomic E-state index is 12.3. The van der Waals surface area contributed by atoms with Gasteiger partial charge in [0.15, 0.2) is 0 Å². The topological polar surface area (TPSA) is 102 Å². The number of anilines is 1. The van der Waals surface area contributed by atoms with Crippen LogP contribution in [-0.2, 0) is 30.8 Å². The van der Waals surface area contributed by atoms with E-state index in [0.29, 0.717) is 12.1 Å². The van der Waals surface area contributed by atoms with E-state index in [9.17, 15) is 18.0 Å². The van der Waals surface area contributed by atoms with E-state index in [-0.39, 0.29) is 23.8 Å². The van der Waals surface area contributed by atoms with E-state index < -0.39 is 22.0 Å². The van der Waals surface area contributed by atoms with Crippen molar-refractivity contribution in [1.82, 2.24) is 4.72 Å². The van der Waals surface area contributed by atoms with Gasteiger partial charge in [-0.15, -0.1) is 0 Å². The van der Waals surface area contributed by atoms with Crippen molar-refractivity contribution in [2.75, 3.05) is 11.9 Å². The summed E-state index contributed by atoms with van der Waals surface area (Å²) in [6.07, 6.45) is 0.540. The SMILES string of the molecule is Cc1cccc(CC(=O)Nc2ccc(S(=O)(=O)N[C@H]3CCOC3=O)cc2)c1. The molecule has 1 amide bonds. The summed E-state index contributed by atoms with van der Waals surface area (Å²) in [4.78, 5) is 23.6. The van der Waals surface area contributed by atoms with Crippen LogP contribution in [0.5, 0.6) is 0 Å². The standard InChI is InChI=1S/C19H20N2O5S/c1-13-3-2-4-14(11-13)12-18(22)20-15-5-7-16(8-6-15)27(24,25)21-17-9-10-26-19(17)23/h2-8,11,17,21H,9-10,12H2,1H3,(H,20,22)/t17-/m0/s1. The highest BCUT2D eigenvalue weighted by Gasteiger charge is 2.31. The van der Waals surface area contributed by atoms with E-state index >= 15 is 0 Å². The summed E-state index contributed by atoms with van der Waals surface area (Å²) >= 11 is 0. The molecule has 0 bridgehead atoms. The summed E-state index contributed by atoms with van der Waals surface area (Å²) in [6.45, 7) is 2.16. The molecule has 1 fully saturated rings. The van der Waals surface area contributed by atoms with Crippen molar-refractivity contribution in [2.45, 2.75) is 30.7 Å². The second-order valence-corrected chi connectivity index (χ2v) is 8.08. The number of carbonyl (C=O) groups excluding carboxylic acids is 2. The van der Waals surface area contributed by atoms with E-state index in [1.165, 1.54) is 24.3 Å². The maximum Gasteiger partial charge on any atom is 0.324 e. The minimum absolute atomic E-state index is 0.0129. The zero-order chi connectivity index (χ0) is 19.4. The fraction of sp³-hybridized carbons (Fsp3) is 0.263. The summed E-state index contributed by atoms with van der Waals surface area (Å²) in [6, 6.07) is 12.6. The van der Waals surface area contributed by atoms with Gasteiger partial charge in [-0.2, -0.15) is 4.72 Å². The summed E-state index contributed by atoms with van der Waals surface area (Å²) < 4.78 is 31.8. The Kier molecular flexibility index (Phi) is 5.57. The average molecular weight is 388 g/mol. The molecule has 0 unspecified atom stereocenters. The van der Waals surface area contributed by atoms with E-state index in [1.54, 1.807) is 0 Å². The van der Waals surface area contributed by atoms with E-state index in [1.807, 2.05) is 31.2 Å². The number of hydrogen-bond donors (Lipinski definition) is 2. The Balaban J connectivity index is 1.62. The monoisotopic (exact) mass is 388 g/mol. The number of rotatable bonds is 6. The third-order valence-corrected chi connectivity index (χ3v) is 5.62. The lowest BCUT2D eigenvalue weighted by atomic mass is 10.1. The zero-order valence-electron chi connectivity index (χ0n) is 14.8. The van der Waals surface area contributed by atoms with Crippen LogP contribution in [-0.4, -0.2) is 32.9 Å². The Labute approximate surface area is 157 Å². The lowest BCUT2D eigenvalue weighted by Gasteiger charge is -2.11. The van der Waals surface area contributed by atoms with Gasteiger partial charge in [-0.3, -0.25) is 9.59 Å². The Bertz CT molecular complexity index is 954. The molecule has 142 valence electrons. The van der Waals surface area contributed by atoms with Gasteiger partial charge in [-0.05, 0) is 36.8 Å². The average Bonchev–Trinajstić information content (AvgIpc) is 2.99. The molecule has 27 heavy (non-hydrogen) atoms. The first-order valence-corrected chi connectivity index (χ1v) is 9.96. The first kappa shape index (κ1) is 19.1. The van der Waals surface area contributed by atoms with Crippen LogP contribution in [0.2, 0.25) is 0 Å². The molecule has 1 saturated heterocycles. The summed E-state index contributed by atoms with van der Waals surface area (Å²) in [5.74, 6) is -0.762. The highest BCUT2D eigenvalue weighted by atomic mass is 32.2. The molecule has 1 aliphatic rings. The van der Waals surface area contributed by atoms with E-state index in [4.69, 9.17) is 4.74 Å². The number of amides is 1. The molecule has 1 atom stereocenters. The molecule has 0 saturated carbocycles. The van der Waals surface area contributed by atoms with E-state index in [0.717, 1.165) is 11.1 Å². The fourth-order valence-corrected chi connectivity index (χ4v) is 4.01. The first-order chi connectivity index (χ1) is 12.8. The van der Waals surface area contributed by atoms with Crippen molar-refractivity contribution in [3.63, 3.8) is 0 Å². The molecule has 0 aliphatic carbocycles. The lowest BCUT2D eigenvalue weighted by Crippen LogP contribution is -2.37. The van der Waals surface area contributed by atoms with Gasteiger partial charge in [0.2, 0.25) is 15.9 Å². The van der Waals surface area contributed by atoms with Crippen molar-refractivity contribution in [3.05, 3.63) is 59.7 Å². The predicted molar refractivity (Wildman–Crippen MR) is 99.6 cm³/mol. The third-order valence-electron chi connectivity index (χ3n) is 4.13. The van der Waals surface area contributed by atoms with Crippen molar-refractivity contribution < 1.29 is 22.7 Å². The molecule has 2 N–H and O–H groups in total. The van der Waals surface area contributed by atoms with Crippen molar-refractivity contribution in [2.24, 2.45) is 0 Å². The van der Waals surface area contributed by atoms with Crippen molar-refractivity contribution in [1.29, 1.82) is 0 Å². The van der Waals surface area contributed by atoms with Crippen LogP contribution in [0, 0.1) is 6.92 Å². The zero-order valence-corrected chi connectivity index (χ0v) is 15.6. The van der Waals surface area contributed by atoms with E-state index in [2.05, 4.69) is 10.0 Å². The minimum Gasteiger partial charge on any atom is -0.464 e. The van der Waals surface area contributed by atoms with Crippen LogP contribution < -0.4 is 10.0 Å². The van der Waals surface area contributed by atoms with Crippen LogP contribution >= 0.6 is 0 Å². The van der Waals surface area contributed by atoms with Crippen LogP contribution in [0.4, 0.5) is 5.69 Å². The van der Waals surface area contributed by atoms with Gasteiger partial charge < -0.3 is 10.1 Å². The maximum absolute atomic E-state index is 12.3. The molecule has 0 aromatic heterocycles. The van der Waals surface area contributed by atoms with Gasteiger partial charge in [0, 0.05) is 12.1 Å². The number of nitrogens with one attached hydrogen (secondary N) is 2. The Morgan fingerprint density at radius 1 is 1.19 bits per heavy atom. The van der Waals surface area contributed by atoms with Gasteiger partial charge in [0.1, 0.15) is 6.04 Å². The van der Waals surface area contributed by atoms with Gasteiger partial charge in [-0.25, -0.2) is 8.42 Å². The second-order valence-electron chi connectivity index (χ2n) is 6.37. The summed E-state index contributed by atoms with van der Waals surface area (Å²) in [5.41, 5.74) is 2.47. The van der Waals surface area contributed by atoms with Gasteiger partial charge >= 0.3 is 5.97 Å². The molecule has 0 spiro atoms. The number of sulfonamides is 1. The number of cyclic esters (lactones) is 1.